The molecule has 0 saturated heterocycles. The number of hydrogen-bond acceptors (Lipinski definition) is 3. The quantitative estimate of drug-likeness (QED) is 0.260. The molecule has 2 heterocycles. The molecule has 5 nitrogen and oxygen atoms in total. The number of benzene rings is 2. The van der Waals surface area contributed by atoms with Crippen LogP contribution in [0.15, 0.2) is 58.9 Å². The van der Waals surface area contributed by atoms with Crippen molar-refractivity contribution in [1.82, 2.24) is 19.1 Å². The second-order valence-electron chi connectivity index (χ2n) is 7.14. The van der Waals surface area contributed by atoms with Gasteiger partial charge in [0.25, 0.3) is 0 Å². The van der Waals surface area contributed by atoms with Crippen LogP contribution in [0.25, 0.3) is 28.0 Å². The second-order valence-corrected chi connectivity index (χ2v) is 8.90. The van der Waals surface area contributed by atoms with E-state index in [0.717, 1.165) is 41.4 Å². The zero-order valence-electron chi connectivity index (χ0n) is 17.8. The van der Waals surface area contributed by atoms with Crippen LogP contribution in [0.5, 0.6) is 0 Å². The van der Waals surface area contributed by atoms with E-state index in [2.05, 4.69) is 45.7 Å². The summed E-state index contributed by atoms with van der Waals surface area (Å²) >= 11 is -0.372. The van der Waals surface area contributed by atoms with Crippen molar-refractivity contribution in [3.8, 4) is 11.4 Å². The van der Waals surface area contributed by atoms with Gasteiger partial charge in [-0.2, -0.15) is 0 Å². The maximum atomic E-state index is 13.7. The van der Waals surface area contributed by atoms with Gasteiger partial charge in [0.05, 0.1) is 0 Å². The minimum atomic E-state index is -0.372. The van der Waals surface area contributed by atoms with Crippen LogP contribution < -0.4 is 21.6 Å². The van der Waals surface area contributed by atoms with Gasteiger partial charge in [-0.1, -0.05) is 6.07 Å². The Hall–Kier alpha value is -2.52. The van der Waals surface area contributed by atoms with Gasteiger partial charge in [0.2, 0.25) is 0 Å². The van der Waals surface area contributed by atoms with Gasteiger partial charge in [-0.3, -0.25) is 0 Å². The summed E-state index contributed by atoms with van der Waals surface area (Å²) in [5, 5.41) is 0. The molecule has 162 valence electrons. The normalized spacial score (nSPS) is 12.2. The Morgan fingerprint density at radius 1 is 1.19 bits per heavy atom. The predicted molar refractivity (Wildman–Crippen MR) is 117 cm³/mol. The summed E-state index contributed by atoms with van der Waals surface area (Å²) in [5.41, 5.74) is 5.23. The van der Waals surface area contributed by atoms with Gasteiger partial charge < -0.3 is 0 Å². The van der Waals surface area contributed by atoms with Crippen LogP contribution in [0.4, 0.5) is 4.39 Å². The Labute approximate surface area is 192 Å². The summed E-state index contributed by atoms with van der Waals surface area (Å²) < 4.78 is 25.7. The minimum absolute atomic E-state index is 0.268. The van der Waals surface area contributed by atoms with E-state index in [4.69, 9.17) is 8.05 Å². The van der Waals surface area contributed by atoms with Gasteiger partial charge in [-0.25, -0.2) is 4.39 Å². The number of rotatable bonds is 8. The number of aryl methyl sites for hydroxylation is 1. The standard InChI is InChI=1S/C24H25FIN4O/c1-4-30-22-10-9-18(17(3)15-26-31-5-2)14-21(22)28-23(30)16-29-12-11-27-24(29)19-7-6-8-20(25)13-19/h6-15H,4-5,16H2,1-3H3/q-1/b17-15-. The van der Waals surface area contributed by atoms with Gasteiger partial charge in [0.15, 0.2) is 0 Å². The van der Waals surface area contributed by atoms with Gasteiger partial charge in [-0.05, 0) is 6.07 Å². The fraction of sp³-hybridized carbons (Fsp3) is 0.250. The molecule has 0 aliphatic heterocycles. The molecule has 2 aromatic carbocycles. The monoisotopic (exact) mass is 531 g/mol. The number of hydrogen-bond donors (Lipinski definition) is 0. The van der Waals surface area contributed by atoms with E-state index in [1.807, 2.05) is 23.8 Å². The summed E-state index contributed by atoms with van der Waals surface area (Å²) in [7, 11) is 0. The first-order valence-corrected chi connectivity index (χ1v) is 12.4. The van der Waals surface area contributed by atoms with Crippen molar-refractivity contribution >= 4 is 16.6 Å². The molecular weight excluding hydrogens is 506 g/mol. The van der Waals surface area contributed by atoms with Crippen LogP contribution in [-0.4, -0.2) is 25.7 Å². The third-order valence-corrected chi connectivity index (χ3v) is 7.26. The fourth-order valence-corrected chi connectivity index (χ4v) is 4.88. The third kappa shape index (κ3) is 4.72. The van der Waals surface area contributed by atoms with E-state index >= 15 is 0 Å². The van der Waals surface area contributed by atoms with Crippen LogP contribution in [0.3, 0.4) is 0 Å². The van der Waals surface area contributed by atoms with Gasteiger partial charge >= 0.3 is 170 Å². The van der Waals surface area contributed by atoms with E-state index in [1.54, 1.807) is 12.3 Å². The molecule has 2 aromatic heterocycles. The molecule has 0 N–H and O–H groups in total. The van der Waals surface area contributed by atoms with E-state index in [9.17, 15) is 4.39 Å². The molecular formula is C24H25FIN4O-. The Morgan fingerprint density at radius 3 is 2.84 bits per heavy atom. The van der Waals surface area contributed by atoms with E-state index in [-0.39, 0.29) is 27.4 Å². The SMILES string of the molecule is CCO[I-]/C=C(/C)c1ccc2c(c1)nc(Cn1ccnc1-c1cccc(F)c1)n2CC. The fourth-order valence-electron chi connectivity index (χ4n) is 3.60. The molecule has 0 atom stereocenters. The molecule has 7 heteroatoms. The number of halogens is 2. The van der Waals surface area contributed by atoms with Gasteiger partial charge in [0.1, 0.15) is 5.82 Å². The Balaban J connectivity index is 1.68. The third-order valence-electron chi connectivity index (χ3n) is 5.09. The van der Waals surface area contributed by atoms with E-state index in [0.29, 0.717) is 6.54 Å². The first-order chi connectivity index (χ1) is 15.1. The molecule has 0 aliphatic rings. The molecule has 0 spiro atoms. The molecule has 0 aliphatic carbocycles. The molecule has 31 heavy (non-hydrogen) atoms. The molecule has 0 unspecified atom stereocenters. The van der Waals surface area contributed by atoms with Gasteiger partial charge in [0, 0.05) is 0 Å². The number of nitrogens with zero attached hydrogens (tertiary/aromatic N) is 4. The average Bonchev–Trinajstić information content (AvgIpc) is 3.37. The Morgan fingerprint density at radius 2 is 2.06 bits per heavy atom. The average molecular weight is 531 g/mol. The number of aromatic nitrogens is 4. The van der Waals surface area contributed by atoms with E-state index in [1.165, 1.54) is 23.3 Å². The second kappa shape index (κ2) is 9.74. The van der Waals surface area contributed by atoms with Crippen LogP contribution in [0, 0.1) is 5.82 Å². The number of imidazole rings is 2. The van der Waals surface area contributed by atoms with Crippen molar-refractivity contribution in [1.29, 1.82) is 0 Å². The van der Waals surface area contributed by atoms with Crippen LogP contribution in [0.1, 0.15) is 32.2 Å². The summed E-state index contributed by atoms with van der Waals surface area (Å²) in [4.78, 5) is 9.39. The molecule has 0 fully saturated rings. The van der Waals surface area contributed by atoms with Crippen molar-refractivity contribution < 1.29 is 29.1 Å². The summed E-state index contributed by atoms with van der Waals surface area (Å²) in [6.07, 6.45) is 3.65. The van der Waals surface area contributed by atoms with Crippen molar-refractivity contribution in [3.05, 3.63) is 76.1 Å². The zero-order valence-corrected chi connectivity index (χ0v) is 20.0. The molecule has 4 rings (SSSR count). The topological polar surface area (TPSA) is 44.9 Å². The van der Waals surface area contributed by atoms with Crippen LogP contribution >= 0.6 is 0 Å². The van der Waals surface area contributed by atoms with Crippen LogP contribution in [0.2, 0.25) is 0 Å². The molecule has 0 radical (unpaired) electrons. The summed E-state index contributed by atoms with van der Waals surface area (Å²) in [5.74, 6) is 1.41. The van der Waals surface area contributed by atoms with Gasteiger partial charge in [-0.15, -0.1) is 0 Å². The first-order valence-electron chi connectivity index (χ1n) is 10.3. The predicted octanol–water partition coefficient (Wildman–Crippen LogP) is 2.51. The van der Waals surface area contributed by atoms with Crippen LogP contribution in [-0.2, 0) is 16.2 Å². The molecule has 0 saturated carbocycles. The first kappa shape index (κ1) is 21.7. The Bertz CT molecular complexity index is 1230. The summed E-state index contributed by atoms with van der Waals surface area (Å²) in [6.45, 7) is 8.40. The van der Waals surface area contributed by atoms with Crippen molar-refractivity contribution in [3.63, 3.8) is 0 Å². The molecule has 0 amide bonds. The Kier molecular flexibility index (Phi) is 6.82. The van der Waals surface area contributed by atoms with E-state index < -0.39 is 0 Å². The zero-order chi connectivity index (χ0) is 21.8. The van der Waals surface area contributed by atoms with Crippen molar-refractivity contribution in [2.45, 2.75) is 33.9 Å². The number of allylic oxidation sites excluding steroid dienone is 1. The maximum absolute atomic E-state index is 13.7. The number of fused-ring (bicyclic) bond motifs is 1. The van der Waals surface area contributed by atoms with Crippen molar-refractivity contribution in [2.75, 3.05) is 6.61 Å². The molecule has 0 bridgehead atoms. The summed E-state index contributed by atoms with van der Waals surface area (Å²) in [6, 6.07) is 13.0. The molecule has 4 aromatic rings. The van der Waals surface area contributed by atoms with Crippen molar-refractivity contribution in [2.24, 2.45) is 0 Å².